The Morgan fingerprint density at radius 1 is 1.14 bits per heavy atom. The smallest absolute Gasteiger partial charge is 0.250 e. The summed E-state index contributed by atoms with van der Waals surface area (Å²) in [5.41, 5.74) is 6.87. The van der Waals surface area contributed by atoms with Crippen LogP contribution in [-0.2, 0) is 11.2 Å². The Hall–Kier alpha value is -2.35. The topological polar surface area (TPSA) is 29.1 Å². The minimum Gasteiger partial charge on any atom is -0.322 e. The van der Waals surface area contributed by atoms with Crippen molar-refractivity contribution in [2.45, 2.75) is 26.7 Å². The summed E-state index contributed by atoms with van der Waals surface area (Å²) in [5.74, 6) is -0.0210. The highest BCUT2D eigenvalue weighted by atomic mass is 16.1. The second-order valence-electron chi connectivity index (χ2n) is 5.46. The monoisotopic (exact) mass is 277 g/mol. The maximum atomic E-state index is 12.0. The zero-order valence-electron chi connectivity index (χ0n) is 12.4. The van der Waals surface area contributed by atoms with E-state index in [4.69, 9.17) is 0 Å². The van der Waals surface area contributed by atoms with Crippen LogP contribution in [0.2, 0.25) is 0 Å². The molecule has 2 aromatic carbocycles. The lowest BCUT2D eigenvalue weighted by Gasteiger charge is -2.08. The van der Waals surface area contributed by atoms with E-state index in [1.807, 2.05) is 26.0 Å². The summed E-state index contributed by atoms with van der Waals surface area (Å²) in [7, 11) is 0. The molecule has 1 amide bonds. The van der Waals surface area contributed by atoms with E-state index in [-0.39, 0.29) is 5.91 Å². The van der Waals surface area contributed by atoms with E-state index < -0.39 is 0 Å². The van der Waals surface area contributed by atoms with Gasteiger partial charge in [0.05, 0.1) is 0 Å². The number of carbonyl (C=O) groups excluding carboxylic acids is 1. The SMILES string of the molecule is CCC=C(C)C(=O)Nc1ccc2c(c1)Cc1ccccc1-2. The molecule has 0 spiro atoms. The van der Waals surface area contributed by atoms with Crippen LogP contribution in [0.4, 0.5) is 5.69 Å². The Bertz CT molecular complexity index is 728. The van der Waals surface area contributed by atoms with E-state index in [1.54, 1.807) is 0 Å². The zero-order valence-corrected chi connectivity index (χ0v) is 12.4. The van der Waals surface area contributed by atoms with E-state index in [2.05, 4.69) is 41.7 Å². The molecule has 21 heavy (non-hydrogen) atoms. The van der Waals surface area contributed by atoms with Crippen molar-refractivity contribution in [3.05, 3.63) is 65.2 Å². The first-order chi connectivity index (χ1) is 10.2. The molecule has 1 N–H and O–H groups in total. The van der Waals surface area contributed by atoms with Crippen LogP contribution in [0, 0.1) is 0 Å². The van der Waals surface area contributed by atoms with Gasteiger partial charge in [0.15, 0.2) is 0 Å². The van der Waals surface area contributed by atoms with Crippen molar-refractivity contribution in [1.82, 2.24) is 0 Å². The molecular formula is C19H19NO. The number of benzene rings is 2. The van der Waals surface area contributed by atoms with Crippen molar-refractivity contribution in [2.75, 3.05) is 5.32 Å². The normalized spacial score (nSPS) is 12.8. The van der Waals surface area contributed by atoms with E-state index in [0.29, 0.717) is 0 Å². The predicted molar refractivity (Wildman–Crippen MR) is 87.4 cm³/mol. The van der Waals surface area contributed by atoms with Gasteiger partial charge in [-0.3, -0.25) is 4.79 Å². The van der Waals surface area contributed by atoms with Gasteiger partial charge in [-0.25, -0.2) is 0 Å². The summed E-state index contributed by atoms with van der Waals surface area (Å²) in [5, 5.41) is 2.98. The summed E-state index contributed by atoms with van der Waals surface area (Å²) in [6, 6.07) is 14.7. The van der Waals surface area contributed by atoms with Crippen LogP contribution in [0.1, 0.15) is 31.4 Å². The average molecular weight is 277 g/mol. The van der Waals surface area contributed by atoms with Gasteiger partial charge in [0.2, 0.25) is 0 Å². The van der Waals surface area contributed by atoms with E-state index in [0.717, 1.165) is 24.1 Å². The molecule has 0 radical (unpaired) electrons. The fraction of sp³-hybridized carbons (Fsp3) is 0.211. The fourth-order valence-electron chi connectivity index (χ4n) is 2.85. The minimum atomic E-state index is -0.0210. The largest absolute Gasteiger partial charge is 0.322 e. The third-order valence-corrected chi connectivity index (χ3v) is 3.92. The van der Waals surface area contributed by atoms with Crippen LogP contribution >= 0.6 is 0 Å². The van der Waals surface area contributed by atoms with Crippen molar-refractivity contribution >= 4 is 11.6 Å². The number of carbonyl (C=O) groups is 1. The van der Waals surface area contributed by atoms with Gasteiger partial charge < -0.3 is 5.32 Å². The second-order valence-corrected chi connectivity index (χ2v) is 5.46. The lowest BCUT2D eigenvalue weighted by Crippen LogP contribution is -2.12. The zero-order chi connectivity index (χ0) is 14.8. The molecule has 2 aromatic rings. The molecule has 0 saturated heterocycles. The number of allylic oxidation sites excluding steroid dienone is 1. The molecule has 2 nitrogen and oxygen atoms in total. The quantitative estimate of drug-likeness (QED) is 0.699. The number of hydrogen-bond donors (Lipinski definition) is 1. The molecule has 1 aliphatic carbocycles. The standard InChI is InChI=1S/C19H19NO/c1-3-6-13(2)19(21)20-16-9-10-18-15(12-16)11-14-7-4-5-8-17(14)18/h4-10,12H,3,11H2,1-2H3,(H,20,21). The highest BCUT2D eigenvalue weighted by Gasteiger charge is 2.18. The van der Waals surface area contributed by atoms with Crippen LogP contribution in [0.15, 0.2) is 54.1 Å². The number of amides is 1. The Morgan fingerprint density at radius 3 is 2.71 bits per heavy atom. The molecule has 1 aliphatic rings. The molecule has 0 saturated carbocycles. The van der Waals surface area contributed by atoms with Crippen LogP contribution in [0.3, 0.4) is 0 Å². The maximum Gasteiger partial charge on any atom is 0.250 e. The molecule has 3 rings (SSSR count). The highest BCUT2D eigenvalue weighted by molar-refractivity contribution is 6.03. The summed E-state index contributed by atoms with van der Waals surface area (Å²) in [6.45, 7) is 3.88. The third-order valence-electron chi connectivity index (χ3n) is 3.92. The number of anilines is 1. The molecule has 0 heterocycles. The predicted octanol–water partition coefficient (Wildman–Crippen LogP) is 4.55. The Balaban J connectivity index is 1.84. The van der Waals surface area contributed by atoms with Gasteiger partial charge in [-0.15, -0.1) is 0 Å². The Kier molecular flexibility index (Phi) is 3.61. The summed E-state index contributed by atoms with van der Waals surface area (Å²) < 4.78 is 0. The number of rotatable bonds is 3. The van der Waals surface area contributed by atoms with Gasteiger partial charge in [-0.05, 0) is 54.2 Å². The first-order valence-corrected chi connectivity index (χ1v) is 7.38. The van der Waals surface area contributed by atoms with Crippen molar-refractivity contribution in [3.63, 3.8) is 0 Å². The first-order valence-electron chi connectivity index (χ1n) is 7.38. The Labute approximate surface area is 125 Å². The lowest BCUT2D eigenvalue weighted by atomic mass is 10.1. The van der Waals surface area contributed by atoms with Crippen molar-refractivity contribution < 1.29 is 4.79 Å². The molecule has 0 atom stereocenters. The highest BCUT2D eigenvalue weighted by Crippen LogP contribution is 2.37. The minimum absolute atomic E-state index is 0.0210. The van der Waals surface area contributed by atoms with Gasteiger partial charge in [0, 0.05) is 11.3 Å². The van der Waals surface area contributed by atoms with Crippen molar-refractivity contribution in [3.8, 4) is 11.1 Å². The van der Waals surface area contributed by atoms with E-state index in [9.17, 15) is 4.79 Å². The van der Waals surface area contributed by atoms with Crippen molar-refractivity contribution in [2.24, 2.45) is 0 Å². The lowest BCUT2D eigenvalue weighted by molar-refractivity contribution is -0.112. The van der Waals surface area contributed by atoms with Crippen LogP contribution < -0.4 is 5.32 Å². The number of nitrogens with one attached hydrogen (secondary N) is 1. The first kappa shape index (κ1) is 13.6. The molecule has 2 heteroatoms. The van der Waals surface area contributed by atoms with Crippen molar-refractivity contribution in [1.29, 1.82) is 0 Å². The molecule has 0 aliphatic heterocycles. The third kappa shape index (κ3) is 2.62. The fourth-order valence-corrected chi connectivity index (χ4v) is 2.85. The summed E-state index contributed by atoms with van der Waals surface area (Å²) >= 11 is 0. The van der Waals surface area contributed by atoms with Gasteiger partial charge in [0.25, 0.3) is 5.91 Å². The molecule has 106 valence electrons. The molecule has 0 aromatic heterocycles. The van der Waals surface area contributed by atoms with Gasteiger partial charge >= 0.3 is 0 Å². The van der Waals surface area contributed by atoms with Crippen LogP contribution in [0.5, 0.6) is 0 Å². The molecule has 0 fully saturated rings. The maximum absolute atomic E-state index is 12.0. The van der Waals surface area contributed by atoms with Crippen LogP contribution in [0.25, 0.3) is 11.1 Å². The number of hydrogen-bond acceptors (Lipinski definition) is 1. The molecule has 0 unspecified atom stereocenters. The molecular weight excluding hydrogens is 258 g/mol. The van der Waals surface area contributed by atoms with Gasteiger partial charge in [0.1, 0.15) is 0 Å². The van der Waals surface area contributed by atoms with Crippen LogP contribution in [-0.4, -0.2) is 5.91 Å². The molecule has 0 bridgehead atoms. The van der Waals surface area contributed by atoms with E-state index in [1.165, 1.54) is 22.3 Å². The average Bonchev–Trinajstić information content (AvgIpc) is 2.85. The van der Waals surface area contributed by atoms with E-state index >= 15 is 0 Å². The Morgan fingerprint density at radius 2 is 1.90 bits per heavy atom. The second kappa shape index (κ2) is 5.57. The number of fused-ring (bicyclic) bond motifs is 3. The summed E-state index contributed by atoms with van der Waals surface area (Å²) in [4.78, 5) is 12.0. The summed E-state index contributed by atoms with van der Waals surface area (Å²) in [6.07, 6.45) is 3.76. The van der Waals surface area contributed by atoms with Gasteiger partial charge in [-0.1, -0.05) is 43.3 Å². The van der Waals surface area contributed by atoms with Gasteiger partial charge in [-0.2, -0.15) is 0 Å².